The van der Waals surface area contributed by atoms with E-state index in [1.165, 1.54) is 5.56 Å². The number of rotatable bonds is 6. The molecule has 0 unspecified atom stereocenters. The summed E-state index contributed by atoms with van der Waals surface area (Å²) in [5.74, 6) is 0.547. The summed E-state index contributed by atoms with van der Waals surface area (Å²) >= 11 is 0. The predicted octanol–water partition coefficient (Wildman–Crippen LogP) is 3.18. The van der Waals surface area contributed by atoms with E-state index in [0.717, 1.165) is 28.1 Å². The largest absolute Gasteiger partial charge is 0.497 e. The lowest BCUT2D eigenvalue weighted by Crippen LogP contribution is -2.26. The van der Waals surface area contributed by atoms with Gasteiger partial charge in [-0.3, -0.25) is 4.79 Å². The number of hydrazone groups is 1. The summed E-state index contributed by atoms with van der Waals surface area (Å²) in [6.07, 6.45) is 1.59. The SMILES string of the molecule is COc1cccc(/C=N\NC(=O)CNc2c(C)cc(C)cc2C)c1. The molecule has 126 valence electrons. The molecule has 2 rings (SSSR count). The van der Waals surface area contributed by atoms with Crippen molar-refractivity contribution >= 4 is 17.8 Å². The highest BCUT2D eigenvalue weighted by Gasteiger charge is 2.05. The third-order valence-electron chi connectivity index (χ3n) is 3.60. The minimum Gasteiger partial charge on any atom is -0.497 e. The van der Waals surface area contributed by atoms with Crippen LogP contribution in [0.15, 0.2) is 41.5 Å². The Kier molecular flexibility index (Phi) is 5.95. The zero-order chi connectivity index (χ0) is 17.5. The van der Waals surface area contributed by atoms with Gasteiger partial charge in [0.15, 0.2) is 0 Å². The predicted molar refractivity (Wildman–Crippen MR) is 97.9 cm³/mol. The smallest absolute Gasteiger partial charge is 0.259 e. The van der Waals surface area contributed by atoms with Crippen LogP contribution in [-0.4, -0.2) is 25.8 Å². The summed E-state index contributed by atoms with van der Waals surface area (Å²) in [4.78, 5) is 11.9. The third-order valence-corrected chi connectivity index (χ3v) is 3.60. The van der Waals surface area contributed by atoms with Crippen LogP contribution < -0.4 is 15.5 Å². The molecule has 0 aliphatic heterocycles. The van der Waals surface area contributed by atoms with Gasteiger partial charge >= 0.3 is 0 Å². The molecule has 0 aliphatic carbocycles. The molecule has 2 aromatic carbocycles. The van der Waals surface area contributed by atoms with Gasteiger partial charge in [-0.2, -0.15) is 5.10 Å². The van der Waals surface area contributed by atoms with Gasteiger partial charge in [-0.05, 0) is 49.6 Å². The van der Waals surface area contributed by atoms with Gasteiger partial charge in [-0.1, -0.05) is 29.8 Å². The number of carbonyl (C=O) groups excluding carboxylic acids is 1. The lowest BCUT2D eigenvalue weighted by Gasteiger charge is -2.13. The molecule has 0 radical (unpaired) electrons. The molecule has 0 aromatic heterocycles. The van der Waals surface area contributed by atoms with Crippen LogP contribution >= 0.6 is 0 Å². The number of carbonyl (C=O) groups is 1. The van der Waals surface area contributed by atoms with Gasteiger partial charge < -0.3 is 10.1 Å². The number of aryl methyl sites for hydroxylation is 3. The van der Waals surface area contributed by atoms with Gasteiger partial charge in [0, 0.05) is 5.69 Å². The van der Waals surface area contributed by atoms with Crippen LogP contribution in [0.3, 0.4) is 0 Å². The first kappa shape index (κ1) is 17.5. The average molecular weight is 325 g/mol. The quantitative estimate of drug-likeness (QED) is 0.633. The Labute approximate surface area is 142 Å². The van der Waals surface area contributed by atoms with E-state index in [1.54, 1.807) is 13.3 Å². The number of nitrogens with zero attached hydrogens (tertiary/aromatic N) is 1. The van der Waals surface area contributed by atoms with Gasteiger partial charge in [0.05, 0.1) is 19.9 Å². The molecule has 0 fully saturated rings. The molecule has 0 atom stereocenters. The van der Waals surface area contributed by atoms with Gasteiger partial charge in [0.25, 0.3) is 5.91 Å². The van der Waals surface area contributed by atoms with Crippen molar-refractivity contribution in [3.8, 4) is 5.75 Å². The summed E-state index contributed by atoms with van der Waals surface area (Å²) in [6, 6.07) is 11.6. The third kappa shape index (κ3) is 4.84. The number of amides is 1. The van der Waals surface area contributed by atoms with Crippen LogP contribution in [0.25, 0.3) is 0 Å². The monoisotopic (exact) mass is 325 g/mol. The summed E-state index contributed by atoms with van der Waals surface area (Å²) < 4.78 is 5.14. The second-order valence-electron chi connectivity index (χ2n) is 5.70. The molecule has 5 heteroatoms. The Bertz CT molecular complexity index is 731. The van der Waals surface area contributed by atoms with E-state index in [9.17, 15) is 4.79 Å². The molecule has 2 N–H and O–H groups in total. The van der Waals surface area contributed by atoms with Gasteiger partial charge in [-0.15, -0.1) is 0 Å². The van der Waals surface area contributed by atoms with Crippen LogP contribution in [0.5, 0.6) is 5.75 Å². The van der Waals surface area contributed by atoms with Crippen LogP contribution in [0, 0.1) is 20.8 Å². The van der Waals surface area contributed by atoms with Crippen molar-refractivity contribution in [3.05, 3.63) is 58.7 Å². The van der Waals surface area contributed by atoms with Crippen molar-refractivity contribution in [2.75, 3.05) is 19.0 Å². The normalized spacial score (nSPS) is 10.7. The molecular weight excluding hydrogens is 302 g/mol. The van der Waals surface area contributed by atoms with Gasteiger partial charge in [0.2, 0.25) is 0 Å². The Morgan fingerprint density at radius 3 is 2.54 bits per heavy atom. The number of nitrogens with one attached hydrogen (secondary N) is 2. The molecule has 0 aliphatic rings. The van der Waals surface area contributed by atoms with E-state index in [1.807, 2.05) is 38.1 Å². The topological polar surface area (TPSA) is 62.7 Å². The molecule has 1 amide bonds. The summed E-state index contributed by atoms with van der Waals surface area (Å²) in [5, 5.41) is 7.14. The first-order chi connectivity index (χ1) is 11.5. The minimum atomic E-state index is -0.200. The lowest BCUT2D eigenvalue weighted by molar-refractivity contribution is -0.119. The van der Waals surface area contributed by atoms with Crippen LogP contribution in [0.2, 0.25) is 0 Å². The molecular formula is C19H23N3O2. The molecule has 0 heterocycles. The highest BCUT2D eigenvalue weighted by atomic mass is 16.5. The van der Waals surface area contributed by atoms with E-state index < -0.39 is 0 Å². The standard InChI is InChI=1S/C19H23N3O2/c1-13-8-14(2)19(15(3)9-13)20-12-18(23)22-21-11-16-6-5-7-17(10-16)24-4/h5-11,20H,12H2,1-4H3,(H,22,23)/b21-11-. The number of benzene rings is 2. The first-order valence-corrected chi connectivity index (χ1v) is 7.77. The van der Waals surface area contributed by atoms with Gasteiger partial charge in [-0.25, -0.2) is 5.43 Å². The minimum absolute atomic E-state index is 0.167. The van der Waals surface area contributed by atoms with E-state index in [2.05, 4.69) is 34.9 Å². The van der Waals surface area contributed by atoms with Crippen molar-refractivity contribution in [2.45, 2.75) is 20.8 Å². The first-order valence-electron chi connectivity index (χ1n) is 7.77. The molecule has 5 nitrogen and oxygen atoms in total. The highest BCUT2D eigenvalue weighted by molar-refractivity contribution is 5.84. The molecule has 0 spiro atoms. The molecule has 0 saturated carbocycles. The number of ether oxygens (including phenoxy) is 1. The van der Waals surface area contributed by atoms with Crippen LogP contribution in [-0.2, 0) is 4.79 Å². The maximum absolute atomic E-state index is 11.9. The fraction of sp³-hybridized carbons (Fsp3) is 0.263. The fourth-order valence-corrected chi connectivity index (χ4v) is 2.57. The second kappa shape index (κ2) is 8.15. The zero-order valence-corrected chi connectivity index (χ0v) is 14.5. The van der Waals surface area contributed by atoms with Crippen molar-refractivity contribution in [2.24, 2.45) is 5.10 Å². The van der Waals surface area contributed by atoms with Crippen molar-refractivity contribution in [3.63, 3.8) is 0 Å². The maximum atomic E-state index is 11.9. The highest BCUT2D eigenvalue weighted by Crippen LogP contribution is 2.21. The lowest BCUT2D eigenvalue weighted by atomic mass is 10.1. The van der Waals surface area contributed by atoms with Crippen LogP contribution in [0.1, 0.15) is 22.3 Å². The maximum Gasteiger partial charge on any atom is 0.259 e. The van der Waals surface area contributed by atoms with E-state index in [4.69, 9.17) is 4.74 Å². The van der Waals surface area contributed by atoms with Crippen molar-refractivity contribution in [1.82, 2.24) is 5.43 Å². The summed E-state index contributed by atoms with van der Waals surface area (Å²) in [6.45, 7) is 6.28. The Balaban J connectivity index is 1.89. The van der Waals surface area contributed by atoms with E-state index in [0.29, 0.717) is 0 Å². The molecule has 24 heavy (non-hydrogen) atoms. The Morgan fingerprint density at radius 2 is 1.88 bits per heavy atom. The van der Waals surface area contributed by atoms with E-state index in [-0.39, 0.29) is 12.5 Å². The summed E-state index contributed by atoms with van der Waals surface area (Å²) in [7, 11) is 1.61. The number of hydrogen-bond donors (Lipinski definition) is 2. The summed E-state index contributed by atoms with van der Waals surface area (Å²) in [5.41, 5.74) is 7.83. The Morgan fingerprint density at radius 1 is 1.17 bits per heavy atom. The van der Waals surface area contributed by atoms with Crippen LogP contribution in [0.4, 0.5) is 5.69 Å². The van der Waals surface area contributed by atoms with Gasteiger partial charge in [0.1, 0.15) is 5.75 Å². The van der Waals surface area contributed by atoms with Crippen molar-refractivity contribution < 1.29 is 9.53 Å². The molecule has 0 saturated heterocycles. The number of methoxy groups -OCH3 is 1. The average Bonchev–Trinajstić information content (AvgIpc) is 2.54. The Hall–Kier alpha value is -2.82. The molecule has 2 aromatic rings. The second-order valence-corrected chi connectivity index (χ2v) is 5.70. The van der Waals surface area contributed by atoms with E-state index >= 15 is 0 Å². The number of hydrogen-bond acceptors (Lipinski definition) is 4. The number of anilines is 1. The zero-order valence-electron chi connectivity index (χ0n) is 14.5. The van der Waals surface area contributed by atoms with Crippen molar-refractivity contribution in [1.29, 1.82) is 0 Å². The fourth-order valence-electron chi connectivity index (χ4n) is 2.57. The molecule has 0 bridgehead atoms.